The van der Waals surface area contributed by atoms with Gasteiger partial charge in [-0.25, -0.2) is 4.39 Å². The van der Waals surface area contributed by atoms with Crippen molar-refractivity contribution in [3.05, 3.63) is 34.1 Å². The summed E-state index contributed by atoms with van der Waals surface area (Å²) in [6, 6.07) is 4.27. The number of nitrogens with one attached hydrogen (secondary N) is 1. The van der Waals surface area contributed by atoms with E-state index in [1.165, 1.54) is 18.2 Å². The van der Waals surface area contributed by atoms with Crippen LogP contribution in [0.2, 0.25) is 0 Å². The van der Waals surface area contributed by atoms with Gasteiger partial charge in [0.1, 0.15) is 5.82 Å². The van der Waals surface area contributed by atoms with Crippen LogP contribution in [0.1, 0.15) is 30.6 Å². The molecule has 19 heavy (non-hydrogen) atoms. The Morgan fingerprint density at radius 2 is 2.11 bits per heavy atom. The lowest BCUT2D eigenvalue weighted by Gasteiger charge is -2.19. The predicted octanol–water partition coefficient (Wildman–Crippen LogP) is 3.05. The van der Waals surface area contributed by atoms with Crippen molar-refractivity contribution in [2.75, 3.05) is 26.2 Å². The second kappa shape index (κ2) is 8.27. The maximum absolute atomic E-state index is 13.1. The quantitative estimate of drug-likeness (QED) is 0.833. The average molecular weight is 331 g/mol. The van der Waals surface area contributed by atoms with Gasteiger partial charge in [-0.3, -0.25) is 4.79 Å². The zero-order chi connectivity index (χ0) is 14.3. The lowest BCUT2D eigenvalue weighted by Crippen LogP contribution is -2.35. The molecule has 0 aliphatic heterocycles. The second-order valence-corrected chi connectivity index (χ2v) is 5.17. The molecule has 1 rings (SSSR count). The molecule has 1 aromatic rings. The molecule has 5 heteroatoms. The summed E-state index contributed by atoms with van der Waals surface area (Å²) in [5.74, 6) is -0.537. The van der Waals surface area contributed by atoms with Crippen molar-refractivity contribution in [1.82, 2.24) is 10.2 Å². The summed E-state index contributed by atoms with van der Waals surface area (Å²) in [6.45, 7) is 7.69. The third-order valence-corrected chi connectivity index (χ3v) is 3.49. The summed E-state index contributed by atoms with van der Waals surface area (Å²) < 4.78 is 13.4. The lowest BCUT2D eigenvalue weighted by atomic mass is 10.2. The molecule has 0 saturated heterocycles. The van der Waals surface area contributed by atoms with E-state index in [0.29, 0.717) is 16.6 Å². The van der Waals surface area contributed by atoms with Gasteiger partial charge in [-0.15, -0.1) is 0 Å². The van der Waals surface area contributed by atoms with Gasteiger partial charge < -0.3 is 10.2 Å². The first-order chi connectivity index (χ1) is 9.08. The Labute approximate surface area is 122 Å². The molecular weight excluding hydrogens is 311 g/mol. The summed E-state index contributed by atoms with van der Waals surface area (Å²) in [4.78, 5) is 14.1. The van der Waals surface area contributed by atoms with Gasteiger partial charge in [-0.1, -0.05) is 13.8 Å². The third kappa shape index (κ3) is 5.28. The number of halogens is 2. The Morgan fingerprint density at radius 1 is 1.37 bits per heavy atom. The monoisotopic (exact) mass is 330 g/mol. The largest absolute Gasteiger partial charge is 0.351 e. The topological polar surface area (TPSA) is 32.3 Å². The van der Waals surface area contributed by atoms with Crippen LogP contribution in [0.4, 0.5) is 4.39 Å². The fourth-order valence-corrected chi connectivity index (χ4v) is 2.19. The molecule has 3 nitrogen and oxygen atoms in total. The third-order valence-electron chi connectivity index (χ3n) is 2.88. The second-order valence-electron chi connectivity index (χ2n) is 4.32. The normalized spacial score (nSPS) is 10.8. The number of carbonyl (C=O) groups excluding carboxylic acids is 1. The van der Waals surface area contributed by atoms with Gasteiger partial charge in [-0.2, -0.15) is 0 Å². The van der Waals surface area contributed by atoms with Gasteiger partial charge in [0.25, 0.3) is 5.91 Å². The number of carbonyl (C=O) groups is 1. The minimum Gasteiger partial charge on any atom is -0.351 e. The maximum atomic E-state index is 13.1. The smallest absolute Gasteiger partial charge is 0.251 e. The van der Waals surface area contributed by atoms with Crippen molar-refractivity contribution >= 4 is 21.8 Å². The van der Waals surface area contributed by atoms with Crippen molar-refractivity contribution in [2.45, 2.75) is 20.3 Å². The van der Waals surface area contributed by atoms with Crippen molar-refractivity contribution in [3.8, 4) is 0 Å². The molecule has 1 aromatic carbocycles. The minimum absolute atomic E-state index is 0.173. The van der Waals surface area contributed by atoms with E-state index in [1.54, 1.807) is 0 Å². The molecule has 0 aromatic heterocycles. The van der Waals surface area contributed by atoms with E-state index in [2.05, 4.69) is 40.0 Å². The summed E-state index contributed by atoms with van der Waals surface area (Å²) >= 11 is 3.07. The highest BCUT2D eigenvalue weighted by atomic mass is 79.9. The molecule has 0 unspecified atom stereocenters. The number of rotatable bonds is 7. The molecule has 106 valence electrons. The van der Waals surface area contributed by atoms with Crippen LogP contribution in [0.3, 0.4) is 0 Å². The van der Waals surface area contributed by atoms with E-state index in [0.717, 1.165) is 26.1 Å². The Kier molecular flexibility index (Phi) is 7.02. The van der Waals surface area contributed by atoms with Gasteiger partial charge in [0.2, 0.25) is 0 Å². The number of hydrogen-bond donors (Lipinski definition) is 1. The molecule has 0 heterocycles. The Morgan fingerprint density at radius 3 is 2.68 bits per heavy atom. The molecule has 1 amide bonds. The van der Waals surface area contributed by atoms with Crippen molar-refractivity contribution in [2.24, 2.45) is 0 Å². The SMILES string of the molecule is CCCN(CC)CCNC(=O)c1ccc(F)c(Br)c1. The molecule has 0 saturated carbocycles. The number of likely N-dealkylation sites (N-methyl/N-ethyl adjacent to an activating group) is 1. The van der Waals surface area contributed by atoms with Crippen LogP contribution in [-0.2, 0) is 0 Å². The minimum atomic E-state index is -0.364. The van der Waals surface area contributed by atoms with E-state index in [1.807, 2.05) is 0 Å². The Bertz CT molecular complexity index is 426. The zero-order valence-electron chi connectivity index (χ0n) is 11.4. The Hall–Kier alpha value is -0.940. The van der Waals surface area contributed by atoms with Gasteiger partial charge in [0, 0.05) is 18.7 Å². The van der Waals surface area contributed by atoms with Crippen molar-refractivity contribution in [1.29, 1.82) is 0 Å². The Balaban J connectivity index is 2.44. The van der Waals surface area contributed by atoms with Crippen LogP contribution >= 0.6 is 15.9 Å². The number of benzene rings is 1. The first-order valence-corrected chi connectivity index (χ1v) is 7.33. The van der Waals surface area contributed by atoms with E-state index in [9.17, 15) is 9.18 Å². The van der Waals surface area contributed by atoms with Gasteiger partial charge >= 0.3 is 0 Å². The highest BCUT2D eigenvalue weighted by Gasteiger charge is 2.08. The van der Waals surface area contributed by atoms with Crippen LogP contribution in [0.15, 0.2) is 22.7 Å². The lowest BCUT2D eigenvalue weighted by molar-refractivity contribution is 0.0948. The maximum Gasteiger partial charge on any atom is 0.251 e. The standard InChI is InChI=1S/C14H20BrFN2O/c1-3-8-18(4-2)9-7-17-14(19)11-5-6-13(16)12(15)10-11/h5-6,10H,3-4,7-9H2,1-2H3,(H,17,19). The van der Waals surface area contributed by atoms with Crippen molar-refractivity contribution in [3.63, 3.8) is 0 Å². The summed E-state index contributed by atoms with van der Waals surface area (Å²) in [7, 11) is 0. The molecule has 0 atom stereocenters. The fraction of sp³-hybridized carbons (Fsp3) is 0.500. The van der Waals surface area contributed by atoms with E-state index >= 15 is 0 Å². The van der Waals surface area contributed by atoms with Crippen LogP contribution in [0, 0.1) is 5.82 Å². The summed E-state index contributed by atoms with van der Waals surface area (Å²) in [6.07, 6.45) is 1.10. The average Bonchev–Trinajstić information content (AvgIpc) is 2.40. The number of amides is 1. The molecular formula is C14H20BrFN2O. The van der Waals surface area contributed by atoms with Gasteiger partial charge in [-0.05, 0) is 53.6 Å². The first-order valence-electron chi connectivity index (χ1n) is 6.54. The summed E-state index contributed by atoms with van der Waals surface area (Å²) in [5, 5.41) is 2.84. The highest BCUT2D eigenvalue weighted by Crippen LogP contribution is 2.16. The molecule has 0 radical (unpaired) electrons. The van der Waals surface area contributed by atoms with Gasteiger partial charge in [0.15, 0.2) is 0 Å². The van der Waals surface area contributed by atoms with E-state index < -0.39 is 0 Å². The molecule has 0 aliphatic carbocycles. The molecule has 0 fully saturated rings. The predicted molar refractivity (Wildman–Crippen MR) is 78.8 cm³/mol. The van der Waals surface area contributed by atoms with Crippen LogP contribution in [0.25, 0.3) is 0 Å². The first kappa shape index (κ1) is 16.1. The van der Waals surface area contributed by atoms with Crippen molar-refractivity contribution < 1.29 is 9.18 Å². The molecule has 0 aliphatic rings. The van der Waals surface area contributed by atoms with Crippen LogP contribution < -0.4 is 5.32 Å². The van der Waals surface area contributed by atoms with E-state index in [-0.39, 0.29) is 11.7 Å². The van der Waals surface area contributed by atoms with E-state index in [4.69, 9.17) is 0 Å². The zero-order valence-corrected chi connectivity index (χ0v) is 13.0. The van der Waals surface area contributed by atoms with Crippen LogP contribution in [0.5, 0.6) is 0 Å². The summed E-state index contributed by atoms with van der Waals surface area (Å²) in [5.41, 5.74) is 0.465. The molecule has 0 spiro atoms. The van der Waals surface area contributed by atoms with Gasteiger partial charge in [0.05, 0.1) is 4.47 Å². The number of nitrogens with zero attached hydrogens (tertiary/aromatic N) is 1. The van der Waals surface area contributed by atoms with Crippen LogP contribution in [-0.4, -0.2) is 37.0 Å². The fourth-order valence-electron chi connectivity index (χ4n) is 1.81. The highest BCUT2D eigenvalue weighted by molar-refractivity contribution is 9.10. The molecule has 1 N–H and O–H groups in total. The number of hydrogen-bond acceptors (Lipinski definition) is 2. The molecule has 0 bridgehead atoms.